The van der Waals surface area contributed by atoms with Gasteiger partial charge in [0.25, 0.3) is 10.1 Å². The maximum Gasteiger partial charge on any atom is 0.296 e. The van der Waals surface area contributed by atoms with Crippen molar-refractivity contribution >= 4 is 10.1 Å². The third-order valence-corrected chi connectivity index (χ3v) is 5.34. The molecule has 6 nitrogen and oxygen atoms in total. The smallest absolute Gasteiger partial charge is 0.266 e. The maximum atomic E-state index is 12.0. The van der Waals surface area contributed by atoms with E-state index in [1.807, 2.05) is 6.92 Å². The molecule has 0 heterocycles. The Morgan fingerprint density at radius 1 is 0.920 bits per heavy atom. The summed E-state index contributed by atoms with van der Waals surface area (Å²) < 4.78 is 29.1. The standard InChI is InChI=1S/C18H29N3O3S/c1-17-11-13-18(14-12-17)25(22,23)24-16-10-8-6-4-2-3-5-7-9-15-20-21-19/h11-14H,2-10,15-16H2,1H3. The number of hydrogen-bond donors (Lipinski definition) is 0. The van der Waals surface area contributed by atoms with Gasteiger partial charge in [0.2, 0.25) is 0 Å². The summed E-state index contributed by atoms with van der Waals surface area (Å²) >= 11 is 0. The highest BCUT2D eigenvalue weighted by atomic mass is 32.2. The number of unbranched alkanes of at least 4 members (excludes halogenated alkanes) is 8. The summed E-state index contributed by atoms with van der Waals surface area (Å²) in [4.78, 5) is 2.95. The first-order valence-corrected chi connectivity index (χ1v) is 10.4. The fourth-order valence-electron chi connectivity index (χ4n) is 2.51. The second-order valence-electron chi connectivity index (χ2n) is 6.23. The minimum Gasteiger partial charge on any atom is -0.266 e. The van der Waals surface area contributed by atoms with E-state index >= 15 is 0 Å². The van der Waals surface area contributed by atoms with E-state index in [-0.39, 0.29) is 11.5 Å². The lowest BCUT2D eigenvalue weighted by molar-refractivity contribution is 0.306. The van der Waals surface area contributed by atoms with Crippen LogP contribution in [-0.4, -0.2) is 21.6 Å². The first-order valence-electron chi connectivity index (χ1n) is 9.03. The summed E-state index contributed by atoms with van der Waals surface area (Å²) in [7, 11) is -3.62. The molecule has 0 aliphatic heterocycles. The molecule has 0 saturated heterocycles. The molecular weight excluding hydrogens is 338 g/mol. The van der Waals surface area contributed by atoms with E-state index in [4.69, 9.17) is 9.71 Å². The van der Waals surface area contributed by atoms with Crippen molar-refractivity contribution in [2.45, 2.75) is 69.6 Å². The molecule has 0 N–H and O–H groups in total. The second kappa shape index (κ2) is 12.8. The van der Waals surface area contributed by atoms with Gasteiger partial charge in [-0.25, -0.2) is 0 Å². The highest BCUT2D eigenvalue weighted by molar-refractivity contribution is 7.86. The van der Waals surface area contributed by atoms with Gasteiger partial charge in [-0.3, -0.25) is 4.18 Å². The number of azide groups is 1. The predicted molar refractivity (Wildman–Crippen MR) is 99.9 cm³/mol. The SMILES string of the molecule is Cc1ccc(S(=O)(=O)OCCCCCCCCCCCN=[N+]=[N-])cc1. The largest absolute Gasteiger partial charge is 0.296 e. The lowest BCUT2D eigenvalue weighted by Gasteiger charge is -2.06. The fraction of sp³-hybridized carbons (Fsp3) is 0.667. The Bertz CT molecular complexity index is 623. The Balaban J connectivity index is 1.99. The van der Waals surface area contributed by atoms with Crippen molar-refractivity contribution in [2.24, 2.45) is 5.11 Å². The summed E-state index contributed by atoms with van der Waals surface area (Å²) in [5.41, 5.74) is 9.18. The van der Waals surface area contributed by atoms with Gasteiger partial charge >= 0.3 is 0 Å². The Morgan fingerprint density at radius 2 is 1.44 bits per heavy atom. The molecule has 7 heteroatoms. The Morgan fingerprint density at radius 3 is 2.00 bits per heavy atom. The van der Waals surface area contributed by atoms with Crippen molar-refractivity contribution in [3.05, 3.63) is 40.3 Å². The van der Waals surface area contributed by atoms with Crippen LogP contribution in [-0.2, 0) is 14.3 Å². The summed E-state index contributed by atoms with van der Waals surface area (Å²) in [6.07, 6.45) is 9.68. The number of benzene rings is 1. The van der Waals surface area contributed by atoms with Crippen LogP contribution in [0, 0.1) is 6.92 Å². The van der Waals surface area contributed by atoms with E-state index in [0.29, 0.717) is 6.54 Å². The van der Waals surface area contributed by atoms with Crippen LogP contribution in [0.5, 0.6) is 0 Å². The first kappa shape index (κ1) is 21.5. The molecule has 0 radical (unpaired) electrons. The van der Waals surface area contributed by atoms with Crippen molar-refractivity contribution in [1.82, 2.24) is 0 Å². The Hall–Kier alpha value is -1.56. The average molecular weight is 368 g/mol. The number of aryl methyl sites for hydroxylation is 1. The topological polar surface area (TPSA) is 92.1 Å². The molecule has 0 aromatic heterocycles. The van der Waals surface area contributed by atoms with Gasteiger partial charge in [0, 0.05) is 11.5 Å². The van der Waals surface area contributed by atoms with Crippen LogP contribution in [0.15, 0.2) is 34.3 Å². The van der Waals surface area contributed by atoms with Gasteiger partial charge in [0.15, 0.2) is 0 Å². The number of hydrogen-bond acceptors (Lipinski definition) is 4. The van der Waals surface area contributed by atoms with Crippen molar-refractivity contribution in [1.29, 1.82) is 0 Å². The zero-order chi connectivity index (χ0) is 18.4. The van der Waals surface area contributed by atoms with Crippen LogP contribution >= 0.6 is 0 Å². The van der Waals surface area contributed by atoms with Crippen LogP contribution in [0.4, 0.5) is 0 Å². The van der Waals surface area contributed by atoms with Crippen LogP contribution in [0.3, 0.4) is 0 Å². The van der Waals surface area contributed by atoms with Crippen molar-refractivity contribution < 1.29 is 12.6 Å². The van der Waals surface area contributed by atoms with Crippen molar-refractivity contribution in [2.75, 3.05) is 13.2 Å². The van der Waals surface area contributed by atoms with Crippen molar-refractivity contribution in [3.8, 4) is 0 Å². The fourth-order valence-corrected chi connectivity index (χ4v) is 3.45. The molecule has 0 bridgehead atoms. The second-order valence-corrected chi connectivity index (χ2v) is 7.84. The molecule has 1 aromatic carbocycles. The molecule has 0 aliphatic carbocycles. The van der Waals surface area contributed by atoms with E-state index in [1.54, 1.807) is 24.3 Å². The predicted octanol–water partition coefficient (Wildman–Crippen LogP) is 5.52. The molecule has 1 aromatic rings. The minimum atomic E-state index is -3.62. The van der Waals surface area contributed by atoms with E-state index in [1.165, 1.54) is 25.7 Å². The molecule has 0 fully saturated rings. The van der Waals surface area contributed by atoms with E-state index in [2.05, 4.69) is 10.0 Å². The van der Waals surface area contributed by atoms with Gasteiger partial charge < -0.3 is 0 Å². The maximum absolute atomic E-state index is 12.0. The zero-order valence-electron chi connectivity index (χ0n) is 15.1. The lowest BCUT2D eigenvalue weighted by atomic mass is 10.1. The normalized spacial score (nSPS) is 11.2. The van der Waals surface area contributed by atoms with Gasteiger partial charge in [-0.1, -0.05) is 67.8 Å². The quantitative estimate of drug-likeness (QED) is 0.142. The van der Waals surface area contributed by atoms with E-state index in [0.717, 1.165) is 37.7 Å². The number of rotatable bonds is 14. The van der Waals surface area contributed by atoms with Crippen LogP contribution in [0.25, 0.3) is 10.4 Å². The van der Waals surface area contributed by atoms with Crippen LogP contribution in [0.2, 0.25) is 0 Å². The van der Waals surface area contributed by atoms with E-state index in [9.17, 15) is 8.42 Å². The molecule has 1 rings (SSSR count). The van der Waals surface area contributed by atoms with Gasteiger partial charge in [0.05, 0.1) is 11.5 Å². The molecule has 140 valence electrons. The lowest BCUT2D eigenvalue weighted by Crippen LogP contribution is -2.07. The first-order chi connectivity index (χ1) is 12.1. The van der Waals surface area contributed by atoms with Gasteiger partial charge in [-0.2, -0.15) is 8.42 Å². The third kappa shape index (κ3) is 10.1. The van der Waals surface area contributed by atoms with Gasteiger partial charge in [-0.15, -0.1) is 0 Å². The average Bonchev–Trinajstić information content (AvgIpc) is 2.59. The molecule has 25 heavy (non-hydrogen) atoms. The molecular formula is C18H29N3O3S. The van der Waals surface area contributed by atoms with Crippen LogP contribution in [0.1, 0.15) is 63.4 Å². The Labute approximate surface area is 151 Å². The monoisotopic (exact) mass is 367 g/mol. The minimum absolute atomic E-state index is 0.221. The third-order valence-electron chi connectivity index (χ3n) is 4.01. The highest BCUT2D eigenvalue weighted by Gasteiger charge is 2.14. The zero-order valence-corrected chi connectivity index (χ0v) is 15.9. The molecule has 0 unspecified atom stereocenters. The molecule has 0 saturated carbocycles. The van der Waals surface area contributed by atoms with E-state index < -0.39 is 10.1 Å². The summed E-state index contributed by atoms with van der Waals surface area (Å²) in [5, 5.41) is 3.51. The molecule has 0 aliphatic rings. The van der Waals surface area contributed by atoms with Gasteiger partial charge in [0.1, 0.15) is 0 Å². The highest BCUT2D eigenvalue weighted by Crippen LogP contribution is 2.14. The summed E-state index contributed by atoms with van der Waals surface area (Å²) in [6, 6.07) is 6.70. The summed E-state index contributed by atoms with van der Waals surface area (Å²) in [6.45, 7) is 2.76. The molecule has 0 amide bonds. The Kier molecular flexibility index (Phi) is 11.0. The molecule has 0 atom stereocenters. The number of nitrogens with zero attached hydrogens (tertiary/aromatic N) is 3. The summed E-state index contributed by atoms with van der Waals surface area (Å²) in [5.74, 6) is 0. The molecule has 0 spiro atoms. The van der Waals surface area contributed by atoms with Crippen molar-refractivity contribution in [3.63, 3.8) is 0 Å². The van der Waals surface area contributed by atoms with Crippen LogP contribution < -0.4 is 0 Å². The van der Waals surface area contributed by atoms with Gasteiger partial charge in [-0.05, 0) is 37.4 Å².